The van der Waals surface area contributed by atoms with Gasteiger partial charge in [0.2, 0.25) is 17.7 Å². The van der Waals surface area contributed by atoms with Gasteiger partial charge in [-0.05, 0) is 32.1 Å². The summed E-state index contributed by atoms with van der Waals surface area (Å²) < 4.78 is 7.61. The van der Waals surface area contributed by atoms with E-state index in [1.54, 1.807) is 4.68 Å². The van der Waals surface area contributed by atoms with E-state index in [1.165, 1.54) is 12.8 Å². The lowest BCUT2D eigenvalue weighted by Gasteiger charge is -2.35. The van der Waals surface area contributed by atoms with Crippen LogP contribution in [0, 0.1) is 0 Å². The zero-order valence-electron chi connectivity index (χ0n) is 15.4. The van der Waals surface area contributed by atoms with Gasteiger partial charge in [0.15, 0.2) is 0 Å². The van der Waals surface area contributed by atoms with E-state index >= 15 is 0 Å². The largest absolute Gasteiger partial charge is 0.425 e. The van der Waals surface area contributed by atoms with Gasteiger partial charge in [-0.1, -0.05) is 12.8 Å². The van der Waals surface area contributed by atoms with Crippen LogP contribution in [-0.4, -0.2) is 37.3 Å². The molecule has 1 amide bonds. The molecule has 26 heavy (non-hydrogen) atoms. The van der Waals surface area contributed by atoms with E-state index in [1.807, 2.05) is 24.3 Å². The first-order chi connectivity index (χ1) is 12.7. The zero-order valence-corrected chi connectivity index (χ0v) is 15.4. The summed E-state index contributed by atoms with van der Waals surface area (Å²) in [5.41, 5.74) is 1.13. The van der Waals surface area contributed by atoms with E-state index in [-0.39, 0.29) is 11.9 Å². The molecule has 2 aliphatic rings. The summed E-state index contributed by atoms with van der Waals surface area (Å²) in [5, 5.41) is 12.6. The van der Waals surface area contributed by atoms with Gasteiger partial charge in [0.05, 0.1) is 12.2 Å². The quantitative estimate of drug-likeness (QED) is 0.821. The number of hydrogen-bond donors (Lipinski definition) is 0. The van der Waals surface area contributed by atoms with Crippen molar-refractivity contribution in [3.8, 4) is 0 Å². The summed E-state index contributed by atoms with van der Waals surface area (Å²) in [6.45, 7) is 0.815. The SMILES string of the molecule is Cn1cc(C2CCCCN2C(=O)CCc2nnc(C3CCCC3)o2)cn1. The van der Waals surface area contributed by atoms with Crippen LogP contribution in [-0.2, 0) is 18.3 Å². The van der Waals surface area contributed by atoms with E-state index in [0.717, 1.165) is 50.1 Å². The Balaban J connectivity index is 1.37. The first-order valence-electron chi connectivity index (χ1n) is 9.81. The molecule has 3 heterocycles. The van der Waals surface area contributed by atoms with Crippen molar-refractivity contribution in [2.24, 2.45) is 7.05 Å². The molecule has 0 bridgehead atoms. The van der Waals surface area contributed by atoms with Gasteiger partial charge in [-0.25, -0.2) is 0 Å². The third-order valence-corrected chi connectivity index (χ3v) is 5.67. The zero-order chi connectivity index (χ0) is 17.9. The number of amides is 1. The average molecular weight is 357 g/mol. The fourth-order valence-corrected chi connectivity index (χ4v) is 4.25. The number of aryl methyl sites for hydroxylation is 2. The van der Waals surface area contributed by atoms with Crippen molar-refractivity contribution in [3.05, 3.63) is 29.7 Å². The van der Waals surface area contributed by atoms with Crippen LogP contribution in [0.4, 0.5) is 0 Å². The van der Waals surface area contributed by atoms with Crippen LogP contribution in [0.1, 0.15) is 80.7 Å². The molecule has 0 N–H and O–H groups in total. The first kappa shape index (κ1) is 17.2. The van der Waals surface area contributed by atoms with Gasteiger partial charge in [-0.3, -0.25) is 9.48 Å². The van der Waals surface area contributed by atoms with Gasteiger partial charge in [0.25, 0.3) is 0 Å². The minimum Gasteiger partial charge on any atom is -0.425 e. The smallest absolute Gasteiger partial charge is 0.223 e. The topological polar surface area (TPSA) is 77.0 Å². The van der Waals surface area contributed by atoms with E-state index in [4.69, 9.17) is 4.42 Å². The molecule has 0 aromatic carbocycles. The van der Waals surface area contributed by atoms with Crippen molar-refractivity contribution in [1.29, 1.82) is 0 Å². The second-order valence-electron chi connectivity index (χ2n) is 7.56. The third kappa shape index (κ3) is 3.66. The van der Waals surface area contributed by atoms with E-state index in [9.17, 15) is 4.79 Å². The number of carbonyl (C=O) groups excluding carboxylic acids is 1. The van der Waals surface area contributed by atoms with Crippen molar-refractivity contribution < 1.29 is 9.21 Å². The molecule has 1 aliphatic heterocycles. The lowest BCUT2D eigenvalue weighted by atomic mass is 9.97. The minimum atomic E-state index is 0.140. The molecule has 1 aliphatic carbocycles. The molecule has 140 valence electrons. The molecule has 0 radical (unpaired) electrons. The number of carbonyl (C=O) groups is 1. The summed E-state index contributed by atoms with van der Waals surface area (Å²) in [7, 11) is 1.91. The lowest BCUT2D eigenvalue weighted by molar-refractivity contribution is -0.135. The van der Waals surface area contributed by atoms with E-state index < -0.39 is 0 Å². The molecule has 2 aromatic heterocycles. The van der Waals surface area contributed by atoms with Crippen LogP contribution in [0.3, 0.4) is 0 Å². The highest BCUT2D eigenvalue weighted by Crippen LogP contribution is 2.33. The molecule has 2 aromatic rings. The second-order valence-corrected chi connectivity index (χ2v) is 7.56. The maximum Gasteiger partial charge on any atom is 0.223 e. The molecule has 1 saturated heterocycles. The summed E-state index contributed by atoms with van der Waals surface area (Å²) in [6.07, 6.45) is 12.8. The lowest BCUT2D eigenvalue weighted by Crippen LogP contribution is -2.38. The van der Waals surface area contributed by atoms with Gasteiger partial charge in [-0.2, -0.15) is 5.10 Å². The van der Waals surface area contributed by atoms with Crippen molar-refractivity contribution >= 4 is 5.91 Å². The predicted molar refractivity (Wildman–Crippen MR) is 95.3 cm³/mol. The summed E-state index contributed by atoms with van der Waals surface area (Å²) in [6, 6.07) is 0.140. The van der Waals surface area contributed by atoms with Crippen LogP contribution in [0.5, 0.6) is 0 Å². The highest BCUT2D eigenvalue weighted by Gasteiger charge is 2.29. The van der Waals surface area contributed by atoms with Gasteiger partial charge < -0.3 is 9.32 Å². The van der Waals surface area contributed by atoms with Crippen molar-refractivity contribution in [2.75, 3.05) is 6.54 Å². The fourth-order valence-electron chi connectivity index (χ4n) is 4.25. The standard InChI is InChI=1S/C19H27N5O2/c1-23-13-15(12-20-23)16-8-4-5-11-24(16)18(25)10-9-17-21-22-19(26-17)14-6-2-3-7-14/h12-14,16H,2-11H2,1H3. The Hall–Kier alpha value is -2.18. The minimum absolute atomic E-state index is 0.140. The van der Waals surface area contributed by atoms with Crippen molar-refractivity contribution in [2.45, 2.75) is 69.7 Å². The number of likely N-dealkylation sites (tertiary alicyclic amines) is 1. The Morgan fingerprint density at radius 1 is 1.19 bits per heavy atom. The fraction of sp³-hybridized carbons (Fsp3) is 0.684. The van der Waals surface area contributed by atoms with Crippen LogP contribution < -0.4 is 0 Å². The molecule has 2 fully saturated rings. The molecular weight excluding hydrogens is 330 g/mol. The van der Waals surface area contributed by atoms with Gasteiger partial charge >= 0.3 is 0 Å². The molecule has 7 heteroatoms. The summed E-state index contributed by atoms with van der Waals surface area (Å²) in [4.78, 5) is 14.8. The number of nitrogens with zero attached hydrogens (tertiary/aromatic N) is 5. The van der Waals surface area contributed by atoms with Gasteiger partial charge in [0, 0.05) is 44.1 Å². The van der Waals surface area contributed by atoms with Crippen molar-refractivity contribution in [1.82, 2.24) is 24.9 Å². The number of hydrogen-bond acceptors (Lipinski definition) is 5. The normalized spacial score (nSPS) is 21.4. The monoisotopic (exact) mass is 357 g/mol. The molecule has 1 unspecified atom stereocenters. The maximum absolute atomic E-state index is 12.8. The van der Waals surface area contributed by atoms with Crippen LogP contribution in [0.2, 0.25) is 0 Å². The third-order valence-electron chi connectivity index (χ3n) is 5.67. The number of aromatic nitrogens is 4. The Morgan fingerprint density at radius 3 is 2.77 bits per heavy atom. The summed E-state index contributed by atoms with van der Waals surface area (Å²) in [5.74, 6) is 1.94. The Kier molecular flexibility index (Phi) is 5.04. The maximum atomic E-state index is 12.8. The van der Waals surface area contributed by atoms with Crippen LogP contribution in [0.25, 0.3) is 0 Å². The van der Waals surface area contributed by atoms with Gasteiger partial charge in [-0.15, -0.1) is 10.2 Å². The first-order valence-corrected chi connectivity index (χ1v) is 9.81. The summed E-state index contributed by atoms with van der Waals surface area (Å²) >= 11 is 0. The Morgan fingerprint density at radius 2 is 2.00 bits per heavy atom. The number of piperidine rings is 1. The number of rotatable bonds is 5. The molecule has 4 rings (SSSR count). The Labute approximate surface area is 153 Å². The van der Waals surface area contributed by atoms with Gasteiger partial charge in [0.1, 0.15) is 0 Å². The second kappa shape index (κ2) is 7.60. The Bertz CT molecular complexity index is 747. The van der Waals surface area contributed by atoms with Crippen LogP contribution >= 0.6 is 0 Å². The predicted octanol–water partition coefficient (Wildman–Crippen LogP) is 3.15. The highest BCUT2D eigenvalue weighted by molar-refractivity contribution is 5.77. The van der Waals surface area contributed by atoms with E-state index in [2.05, 4.69) is 15.3 Å². The molecule has 7 nitrogen and oxygen atoms in total. The molecular formula is C19H27N5O2. The molecule has 1 saturated carbocycles. The average Bonchev–Trinajstić information content (AvgIpc) is 3.40. The molecule has 1 atom stereocenters. The van der Waals surface area contributed by atoms with Crippen molar-refractivity contribution in [3.63, 3.8) is 0 Å². The molecule has 0 spiro atoms. The van der Waals surface area contributed by atoms with E-state index in [0.29, 0.717) is 24.7 Å². The highest BCUT2D eigenvalue weighted by atomic mass is 16.4. The van der Waals surface area contributed by atoms with Crippen LogP contribution in [0.15, 0.2) is 16.8 Å².